The zero-order valence-corrected chi connectivity index (χ0v) is 21.5. The summed E-state index contributed by atoms with van der Waals surface area (Å²) in [7, 11) is 0. The molecule has 0 aliphatic carbocycles. The van der Waals surface area contributed by atoms with Crippen molar-refractivity contribution in [1.29, 1.82) is 0 Å². The van der Waals surface area contributed by atoms with Gasteiger partial charge in [0.15, 0.2) is 5.79 Å². The van der Waals surface area contributed by atoms with Gasteiger partial charge < -0.3 is 24.1 Å². The molecule has 1 N–H and O–H groups in total. The minimum atomic E-state index is -1.18. The number of aliphatic hydroxyl groups is 1. The lowest BCUT2D eigenvalue weighted by molar-refractivity contribution is -0.219. The molecule has 2 rings (SSSR count). The Balaban J connectivity index is 1.92. The molecule has 1 aliphatic rings. The Morgan fingerprint density at radius 3 is 2.29 bits per heavy atom. The quantitative estimate of drug-likeness (QED) is 0.423. The first kappa shape index (κ1) is 28.4. The van der Waals surface area contributed by atoms with Crippen molar-refractivity contribution >= 4 is 11.8 Å². The molecule has 1 unspecified atom stereocenters. The number of carbonyl (C=O) groups excluding carboxylic acids is 2. The molecular weight excluding hydrogens is 436 g/mol. The Hall–Kier alpha value is -1.80. The SMILES string of the molecule is CCC(C(=O)OC(C)(C)C)C1(CCC(=O)[C@H](C)[C@H](O)[C@H](C)COCc2ccccc2)OCCO1. The van der Waals surface area contributed by atoms with E-state index in [4.69, 9.17) is 18.9 Å². The van der Waals surface area contributed by atoms with Gasteiger partial charge in [0.1, 0.15) is 17.3 Å². The largest absolute Gasteiger partial charge is 0.460 e. The summed E-state index contributed by atoms with van der Waals surface area (Å²) in [4.78, 5) is 25.8. The van der Waals surface area contributed by atoms with Gasteiger partial charge in [-0.3, -0.25) is 9.59 Å². The van der Waals surface area contributed by atoms with Gasteiger partial charge in [0, 0.05) is 24.7 Å². The molecule has 1 aliphatic heterocycles. The number of hydrogen-bond acceptors (Lipinski definition) is 7. The van der Waals surface area contributed by atoms with Crippen LogP contribution in [0.25, 0.3) is 0 Å². The van der Waals surface area contributed by atoms with Crippen LogP contribution in [0.1, 0.15) is 66.4 Å². The van der Waals surface area contributed by atoms with E-state index in [9.17, 15) is 14.7 Å². The van der Waals surface area contributed by atoms with E-state index in [2.05, 4.69) is 0 Å². The molecule has 0 aromatic heterocycles. The van der Waals surface area contributed by atoms with Crippen LogP contribution in [0.3, 0.4) is 0 Å². The molecule has 4 atom stereocenters. The van der Waals surface area contributed by atoms with E-state index >= 15 is 0 Å². The maximum absolute atomic E-state index is 13.0. The van der Waals surface area contributed by atoms with Crippen LogP contribution < -0.4 is 0 Å². The first-order chi connectivity index (χ1) is 16.0. The first-order valence-corrected chi connectivity index (χ1v) is 12.3. The van der Waals surface area contributed by atoms with E-state index in [0.29, 0.717) is 32.8 Å². The van der Waals surface area contributed by atoms with Crippen molar-refractivity contribution in [3.8, 4) is 0 Å². The van der Waals surface area contributed by atoms with Crippen LogP contribution in [-0.4, -0.2) is 54.2 Å². The predicted octanol–water partition coefficient (Wildman–Crippen LogP) is 4.30. The van der Waals surface area contributed by atoms with Crippen molar-refractivity contribution in [2.24, 2.45) is 17.8 Å². The Morgan fingerprint density at radius 2 is 1.74 bits per heavy atom. The maximum atomic E-state index is 13.0. The van der Waals surface area contributed by atoms with Gasteiger partial charge in [-0.15, -0.1) is 0 Å². The van der Waals surface area contributed by atoms with Crippen LogP contribution in [0.15, 0.2) is 30.3 Å². The number of aliphatic hydroxyl groups excluding tert-OH is 1. The first-order valence-electron chi connectivity index (χ1n) is 12.3. The summed E-state index contributed by atoms with van der Waals surface area (Å²) in [5.41, 5.74) is 0.433. The smallest absolute Gasteiger partial charge is 0.314 e. The van der Waals surface area contributed by atoms with Gasteiger partial charge in [-0.05, 0) is 32.8 Å². The second-order valence-electron chi connectivity index (χ2n) is 10.2. The number of rotatable bonds is 13. The summed E-state index contributed by atoms with van der Waals surface area (Å²) in [5.74, 6) is -3.08. The monoisotopic (exact) mass is 478 g/mol. The van der Waals surface area contributed by atoms with Crippen LogP contribution in [0.4, 0.5) is 0 Å². The van der Waals surface area contributed by atoms with E-state index < -0.39 is 29.3 Å². The van der Waals surface area contributed by atoms with E-state index in [0.717, 1.165) is 5.56 Å². The third kappa shape index (κ3) is 8.15. The minimum absolute atomic E-state index is 0.0973. The molecule has 0 radical (unpaired) electrons. The van der Waals surface area contributed by atoms with E-state index in [-0.39, 0.29) is 30.5 Å². The van der Waals surface area contributed by atoms with Crippen LogP contribution in [0.2, 0.25) is 0 Å². The lowest BCUT2D eigenvalue weighted by atomic mass is 9.85. The normalized spacial score (nSPS) is 19.3. The van der Waals surface area contributed by atoms with Crippen LogP contribution in [0.5, 0.6) is 0 Å². The van der Waals surface area contributed by atoms with Gasteiger partial charge in [0.2, 0.25) is 0 Å². The summed E-state index contributed by atoms with van der Waals surface area (Å²) in [6.07, 6.45) is 0.00333. The molecule has 34 heavy (non-hydrogen) atoms. The highest BCUT2D eigenvalue weighted by molar-refractivity contribution is 5.81. The molecule has 1 saturated heterocycles. The van der Waals surface area contributed by atoms with Crippen LogP contribution >= 0.6 is 0 Å². The third-order valence-electron chi connectivity index (χ3n) is 6.22. The molecule has 7 nitrogen and oxygen atoms in total. The van der Waals surface area contributed by atoms with Crippen molar-refractivity contribution in [2.75, 3.05) is 19.8 Å². The minimum Gasteiger partial charge on any atom is -0.460 e. The number of Topliss-reactive ketones (excluding diaryl/α,β-unsaturated/α-hetero) is 1. The van der Waals surface area contributed by atoms with Crippen molar-refractivity contribution in [2.45, 2.75) is 84.9 Å². The maximum Gasteiger partial charge on any atom is 0.314 e. The van der Waals surface area contributed by atoms with Crippen molar-refractivity contribution in [3.05, 3.63) is 35.9 Å². The number of esters is 1. The highest BCUT2D eigenvalue weighted by atomic mass is 16.7. The summed E-state index contributed by atoms with van der Waals surface area (Å²) in [6, 6.07) is 9.82. The molecule has 0 spiro atoms. The molecule has 7 heteroatoms. The highest BCUT2D eigenvalue weighted by Gasteiger charge is 2.49. The van der Waals surface area contributed by atoms with Gasteiger partial charge in [-0.2, -0.15) is 0 Å². The number of hydrogen-bond donors (Lipinski definition) is 1. The summed E-state index contributed by atoms with van der Waals surface area (Å²) in [5, 5.41) is 10.7. The molecule has 1 aromatic rings. The number of benzene rings is 1. The summed E-state index contributed by atoms with van der Waals surface area (Å²) < 4.78 is 23.1. The molecule has 1 aromatic carbocycles. The zero-order valence-electron chi connectivity index (χ0n) is 21.5. The van der Waals surface area contributed by atoms with Crippen molar-refractivity contribution in [3.63, 3.8) is 0 Å². The highest BCUT2D eigenvalue weighted by Crippen LogP contribution is 2.37. The van der Waals surface area contributed by atoms with E-state index in [1.807, 2.05) is 65.0 Å². The fourth-order valence-electron chi connectivity index (χ4n) is 4.26. The topological polar surface area (TPSA) is 91.3 Å². The van der Waals surface area contributed by atoms with Gasteiger partial charge in [-0.25, -0.2) is 0 Å². The van der Waals surface area contributed by atoms with Crippen molar-refractivity contribution in [1.82, 2.24) is 0 Å². The van der Waals surface area contributed by atoms with Crippen LogP contribution in [-0.2, 0) is 35.1 Å². The zero-order chi connectivity index (χ0) is 25.4. The second kappa shape index (κ2) is 12.8. The Morgan fingerprint density at radius 1 is 1.12 bits per heavy atom. The second-order valence-corrected chi connectivity index (χ2v) is 10.2. The van der Waals surface area contributed by atoms with Crippen LogP contribution in [0, 0.1) is 17.8 Å². The third-order valence-corrected chi connectivity index (χ3v) is 6.22. The Bertz CT molecular complexity index is 765. The molecule has 0 saturated carbocycles. The lowest BCUT2D eigenvalue weighted by Gasteiger charge is -2.35. The Kier molecular flexibility index (Phi) is 10.7. The number of ketones is 1. The molecular formula is C27H42O7. The summed E-state index contributed by atoms with van der Waals surface area (Å²) in [6.45, 7) is 12.5. The fourth-order valence-corrected chi connectivity index (χ4v) is 4.26. The molecule has 0 amide bonds. The van der Waals surface area contributed by atoms with E-state index in [1.165, 1.54) is 0 Å². The standard InChI is InChI=1S/C27H42O7/c1-7-22(25(30)34-26(4,5)6)27(32-15-16-33-27)14-13-23(28)20(3)24(29)19(2)17-31-18-21-11-9-8-10-12-21/h8-12,19-20,22,24,29H,7,13-18H2,1-6H3/t19-,20+,22?,24-/m1/s1. The van der Waals surface area contributed by atoms with Gasteiger partial charge in [0.25, 0.3) is 0 Å². The number of carbonyl (C=O) groups is 2. The Labute approximate surface area is 204 Å². The average molecular weight is 479 g/mol. The van der Waals surface area contributed by atoms with Gasteiger partial charge in [0.05, 0.1) is 32.5 Å². The molecule has 192 valence electrons. The van der Waals surface area contributed by atoms with Crippen molar-refractivity contribution < 1.29 is 33.6 Å². The van der Waals surface area contributed by atoms with E-state index in [1.54, 1.807) is 6.92 Å². The fraction of sp³-hybridized carbons (Fsp3) is 0.704. The molecule has 1 heterocycles. The summed E-state index contributed by atoms with van der Waals surface area (Å²) >= 11 is 0. The predicted molar refractivity (Wildman–Crippen MR) is 129 cm³/mol. The van der Waals surface area contributed by atoms with Gasteiger partial charge >= 0.3 is 5.97 Å². The molecule has 1 fully saturated rings. The number of ether oxygens (including phenoxy) is 4. The average Bonchev–Trinajstić information content (AvgIpc) is 3.26. The van der Waals surface area contributed by atoms with Gasteiger partial charge in [-0.1, -0.05) is 51.1 Å². The lowest BCUT2D eigenvalue weighted by Crippen LogP contribution is -2.46. The molecule has 0 bridgehead atoms.